The van der Waals surface area contributed by atoms with Crippen LogP contribution in [0.15, 0.2) is 0 Å². The number of carbonyl (C=O) groups excluding carboxylic acids is 4. The van der Waals surface area contributed by atoms with E-state index in [0.717, 1.165) is 0 Å². The van der Waals surface area contributed by atoms with Crippen LogP contribution >= 0.6 is 0 Å². The molecule has 21 heteroatoms. The zero-order valence-electron chi connectivity index (χ0n) is 24.3. The number of hydrogen-bond donors (Lipinski definition) is 11. The quantitative estimate of drug-likeness (QED) is 0.0480. The average Bonchev–Trinajstić information content (AvgIpc) is 2.95. The predicted molar refractivity (Wildman–Crippen MR) is 148 cm³/mol. The maximum Gasteiger partial charge on any atom is 0.326 e. The van der Waals surface area contributed by atoms with Crippen LogP contribution in [0.1, 0.15) is 64.2 Å². The number of carboxylic acids is 6. The van der Waals surface area contributed by atoms with Gasteiger partial charge in [0.25, 0.3) is 0 Å². The summed E-state index contributed by atoms with van der Waals surface area (Å²) in [6, 6.07) is -7.96. The lowest BCUT2D eigenvalue weighted by Crippen LogP contribution is -2.52. The number of hydrogen-bond acceptors (Lipinski definition) is 11. The van der Waals surface area contributed by atoms with Gasteiger partial charge < -0.3 is 57.6 Å². The number of carbonyl (C=O) groups is 10. The van der Waals surface area contributed by atoms with Gasteiger partial charge in [-0.1, -0.05) is 0 Å². The minimum atomic E-state index is -1.77. The highest BCUT2D eigenvalue weighted by Crippen LogP contribution is 2.07. The van der Waals surface area contributed by atoms with Crippen LogP contribution in [0.3, 0.4) is 0 Å². The zero-order valence-corrected chi connectivity index (χ0v) is 24.3. The minimum absolute atomic E-state index is 0.320. The largest absolute Gasteiger partial charge is 0.481 e. The number of amides is 4. The summed E-state index contributed by atoms with van der Waals surface area (Å²) in [4.78, 5) is 116. The van der Waals surface area contributed by atoms with Crippen molar-refractivity contribution in [1.29, 1.82) is 0 Å². The molecule has 0 saturated heterocycles. The third-order valence-electron chi connectivity index (χ3n) is 6.15. The van der Waals surface area contributed by atoms with Gasteiger partial charge in [0.15, 0.2) is 0 Å². The summed E-state index contributed by atoms with van der Waals surface area (Å²) in [6.07, 6.45) is -5.27. The number of nitrogens with two attached hydrogens (primary N) is 1. The lowest BCUT2D eigenvalue weighted by atomic mass is 10.1. The first-order valence-corrected chi connectivity index (χ1v) is 13.6. The summed E-state index contributed by atoms with van der Waals surface area (Å²) in [6.45, 7) is 0. The van der Waals surface area contributed by atoms with Gasteiger partial charge in [0.1, 0.15) is 30.2 Å². The molecule has 0 aromatic carbocycles. The molecule has 46 heavy (non-hydrogen) atoms. The second-order valence-corrected chi connectivity index (χ2v) is 9.86. The molecule has 0 spiro atoms. The first kappa shape index (κ1) is 40.7. The summed E-state index contributed by atoms with van der Waals surface area (Å²) >= 11 is 0. The molecule has 0 rings (SSSR count). The molecule has 0 heterocycles. The molecule has 0 aliphatic carbocycles. The molecule has 21 nitrogen and oxygen atoms in total. The maximum atomic E-state index is 12.7. The average molecular weight is 664 g/mol. The maximum absolute atomic E-state index is 12.7. The molecule has 0 radical (unpaired) electrons. The minimum Gasteiger partial charge on any atom is -0.481 e. The molecular formula is C25H37N5O16. The standard InChI is InChI=1S/C25H37N5O16/c26-11(22(39)40)1-6-16(31)27-12(4-9-19(34)35)21(38)30-15(25(45)46)3-8-18(33)28-13(23(41)42)2-7-17(32)29-14(24(43)44)5-10-20(36)37/h11-15H,1-10,26H2,(H,27,31)(H,28,33)(H,29,32)(H,30,38)(H,34,35)(H,36,37)(H,39,40)(H,41,42)(H,43,44)(H,45,46)/t11-,12-,13-,14-,15-/m0/s1. The van der Waals surface area contributed by atoms with Gasteiger partial charge in [0.05, 0.1) is 0 Å². The Labute approximate surface area is 259 Å². The SMILES string of the molecule is N[C@@H](CCC(=O)N[C@@H](CCC(=O)O)C(=O)N[C@@H](CCC(=O)N[C@@H](CCC(=O)N[C@@H](CCC(=O)O)C(=O)O)C(=O)O)C(=O)O)C(=O)O. The monoisotopic (exact) mass is 663 g/mol. The molecule has 0 unspecified atom stereocenters. The highest BCUT2D eigenvalue weighted by molar-refractivity contribution is 5.91. The summed E-state index contributed by atoms with van der Waals surface area (Å²) in [5.74, 6) is -12.8. The van der Waals surface area contributed by atoms with E-state index in [1.807, 2.05) is 10.6 Å². The molecule has 258 valence electrons. The van der Waals surface area contributed by atoms with E-state index in [2.05, 4.69) is 10.6 Å². The van der Waals surface area contributed by atoms with Crippen molar-refractivity contribution in [2.24, 2.45) is 5.73 Å². The van der Waals surface area contributed by atoms with E-state index >= 15 is 0 Å². The molecule has 0 aromatic heterocycles. The van der Waals surface area contributed by atoms with Crippen LogP contribution in [-0.4, -0.2) is 120 Å². The van der Waals surface area contributed by atoms with Gasteiger partial charge in [-0.2, -0.15) is 0 Å². The second-order valence-electron chi connectivity index (χ2n) is 9.86. The Morgan fingerprint density at radius 3 is 1.07 bits per heavy atom. The molecule has 0 saturated carbocycles. The molecule has 0 aliphatic heterocycles. The third-order valence-corrected chi connectivity index (χ3v) is 6.15. The van der Waals surface area contributed by atoms with Gasteiger partial charge in [0.2, 0.25) is 23.6 Å². The lowest BCUT2D eigenvalue weighted by molar-refractivity contribution is -0.144. The Bertz CT molecular complexity index is 1180. The van der Waals surface area contributed by atoms with Gasteiger partial charge >= 0.3 is 35.8 Å². The second kappa shape index (κ2) is 20.6. The summed E-state index contributed by atoms with van der Waals surface area (Å²) in [7, 11) is 0. The molecule has 5 atom stereocenters. The molecular weight excluding hydrogens is 626 g/mol. The predicted octanol–water partition coefficient (Wildman–Crippen LogP) is -3.34. The van der Waals surface area contributed by atoms with Gasteiger partial charge in [-0.3, -0.25) is 33.6 Å². The first-order chi connectivity index (χ1) is 21.3. The topological polar surface area (TPSA) is 366 Å². The van der Waals surface area contributed by atoms with Gasteiger partial charge in [0, 0.05) is 32.1 Å². The van der Waals surface area contributed by atoms with Crippen molar-refractivity contribution >= 4 is 59.4 Å². The highest BCUT2D eigenvalue weighted by Gasteiger charge is 2.29. The van der Waals surface area contributed by atoms with Crippen LogP contribution in [0.2, 0.25) is 0 Å². The molecule has 0 aliphatic rings. The van der Waals surface area contributed by atoms with Crippen molar-refractivity contribution in [1.82, 2.24) is 21.3 Å². The van der Waals surface area contributed by atoms with Gasteiger partial charge in [-0.15, -0.1) is 0 Å². The molecule has 0 aromatic rings. The fourth-order valence-electron chi connectivity index (χ4n) is 3.61. The summed E-state index contributed by atoms with van der Waals surface area (Å²) < 4.78 is 0. The molecule has 0 fully saturated rings. The van der Waals surface area contributed by atoms with Crippen molar-refractivity contribution in [3.8, 4) is 0 Å². The van der Waals surface area contributed by atoms with E-state index in [0.29, 0.717) is 0 Å². The van der Waals surface area contributed by atoms with Crippen LogP contribution in [-0.2, 0) is 47.9 Å². The van der Waals surface area contributed by atoms with E-state index in [9.17, 15) is 58.2 Å². The van der Waals surface area contributed by atoms with Crippen molar-refractivity contribution in [2.45, 2.75) is 94.4 Å². The van der Waals surface area contributed by atoms with Gasteiger partial charge in [-0.25, -0.2) is 14.4 Å². The highest BCUT2D eigenvalue weighted by atomic mass is 16.4. The Kier molecular flexibility index (Phi) is 18.2. The Morgan fingerprint density at radius 1 is 0.413 bits per heavy atom. The smallest absolute Gasteiger partial charge is 0.326 e. The van der Waals surface area contributed by atoms with E-state index in [1.54, 1.807) is 0 Å². The number of nitrogens with one attached hydrogen (secondary N) is 4. The van der Waals surface area contributed by atoms with Crippen LogP contribution in [0.4, 0.5) is 0 Å². The normalized spacial score (nSPS) is 13.8. The van der Waals surface area contributed by atoms with E-state index in [4.69, 9.17) is 26.2 Å². The summed E-state index contributed by atoms with van der Waals surface area (Å²) in [5.41, 5.74) is 5.31. The molecule has 4 amide bonds. The molecule has 0 bridgehead atoms. The van der Waals surface area contributed by atoms with Crippen LogP contribution < -0.4 is 27.0 Å². The fourth-order valence-corrected chi connectivity index (χ4v) is 3.61. The third kappa shape index (κ3) is 17.7. The lowest BCUT2D eigenvalue weighted by Gasteiger charge is -2.21. The Hall–Kier alpha value is -5.34. The van der Waals surface area contributed by atoms with Crippen LogP contribution in [0.5, 0.6) is 0 Å². The van der Waals surface area contributed by atoms with Crippen molar-refractivity contribution < 1.29 is 78.6 Å². The van der Waals surface area contributed by atoms with Crippen molar-refractivity contribution in [3.63, 3.8) is 0 Å². The Morgan fingerprint density at radius 2 is 0.717 bits per heavy atom. The van der Waals surface area contributed by atoms with Crippen LogP contribution in [0.25, 0.3) is 0 Å². The zero-order chi connectivity index (χ0) is 35.6. The Balaban J connectivity index is 5.21. The first-order valence-electron chi connectivity index (χ1n) is 13.6. The van der Waals surface area contributed by atoms with E-state index < -0.39 is 147 Å². The number of aliphatic carboxylic acids is 6. The van der Waals surface area contributed by atoms with Crippen molar-refractivity contribution in [3.05, 3.63) is 0 Å². The number of rotatable bonds is 24. The van der Waals surface area contributed by atoms with Crippen molar-refractivity contribution in [2.75, 3.05) is 0 Å². The fraction of sp³-hybridized carbons (Fsp3) is 0.600. The van der Waals surface area contributed by atoms with E-state index in [1.165, 1.54) is 0 Å². The van der Waals surface area contributed by atoms with Crippen LogP contribution in [0, 0.1) is 0 Å². The van der Waals surface area contributed by atoms with E-state index in [-0.39, 0.29) is 6.42 Å². The molecule has 12 N–H and O–H groups in total. The summed E-state index contributed by atoms with van der Waals surface area (Å²) in [5, 5.41) is 62.7. The van der Waals surface area contributed by atoms with Gasteiger partial charge in [-0.05, 0) is 32.1 Å². The number of carboxylic acid groups (broad SMARTS) is 6.